The lowest BCUT2D eigenvalue weighted by atomic mass is 10.2. The van der Waals surface area contributed by atoms with Gasteiger partial charge in [-0.2, -0.15) is 5.10 Å². The van der Waals surface area contributed by atoms with Crippen LogP contribution < -0.4 is 0 Å². The Kier molecular flexibility index (Phi) is 4.30. The van der Waals surface area contributed by atoms with Gasteiger partial charge in [-0.15, -0.1) is 0 Å². The number of hydrogen-bond donors (Lipinski definition) is 0. The molecule has 0 aliphatic heterocycles. The summed E-state index contributed by atoms with van der Waals surface area (Å²) >= 11 is 2.08. The van der Waals surface area contributed by atoms with Gasteiger partial charge in [-0.3, -0.25) is 4.68 Å². The summed E-state index contributed by atoms with van der Waals surface area (Å²) in [6, 6.07) is 6.76. The molecule has 0 bridgehead atoms. The van der Waals surface area contributed by atoms with Crippen LogP contribution in [-0.2, 0) is 17.1 Å². The van der Waals surface area contributed by atoms with Gasteiger partial charge in [0.2, 0.25) is 0 Å². The number of rotatable bonds is 3. The molecule has 0 aliphatic rings. The molecule has 0 saturated heterocycles. The highest BCUT2D eigenvalue weighted by Gasteiger charge is 2.23. The molecule has 4 rings (SSSR count). The van der Waals surface area contributed by atoms with Gasteiger partial charge in [0.1, 0.15) is 5.52 Å². The molecule has 1 aromatic carbocycles. The van der Waals surface area contributed by atoms with Crippen LogP contribution in [0.4, 0.5) is 0 Å². The smallest absolute Gasteiger partial charge is 0.269 e. The zero-order chi connectivity index (χ0) is 19.3. The van der Waals surface area contributed by atoms with Crippen molar-refractivity contribution in [2.24, 2.45) is 7.05 Å². The molecule has 138 valence electrons. The van der Waals surface area contributed by atoms with Crippen LogP contribution in [0.15, 0.2) is 47.8 Å². The number of nitrogens with zero attached hydrogens (tertiary/aromatic N) is 5. The van der Waals surface area contributed by atoms with Gasteiger partial charge in [-0.1, -0.05) is 17.7 Å². The lowest BCUT2D eigenvalue weighted by Crippen LogP contribution is -2.12. The van der Waals surface area contributed by atoms with Crippen LogP contribution in [0.3, 0.4) is 0 Å². The molecule has 0 fully saturated rings. The zero-order valence-corrected chi connectivity index (χ0v) is 17.9. The molecular formula is C18H16IN5O2S. The Hall–Kier alpha value is -2.27. The second-order valence-electron chi connectivity index (χ2n) is 6.29. The van der Waals surface area contributed by atoms with E-state index < -0.39 is 10.0 Å². The Labute approximate surface area is 170 Å². The maximum atomic E-state index is 13.1. The van der Waals surface area contributed by atoms with Crippen molar-refractivity contribution < 1.29 is 8.42 Å². The lowest BCUT2D eigenvalue weighted by molar-refractivity contribution is 0.588. The Morgan fingerprint density at radius 2 is 1.78 bits per heavy atom. The van der Waals surface area contributed by atoms with Crippen LogP contribution in [0, 0.1) is 17.4 Å². The first kappa shape index (κ1) is 18.1. The van der Waals surface area contributed by atoms with Crippen LogP contribution in [0.25, 0.3) is 22.4 Å². The van der Waals surface area contributed by atoms with E-state index in [1.54, 1.807) is 47.5 Å². The highest BCUT2D eigenvalue weighted by Crippen LogP contribution is 2.28. The van der Waals surface area contributed by atoms with E-state index in [2.05, 4.69) is 37.7 Å². The number of benzene rings is 1. The highest BCUT2D eigenvalue weighted by atomic mass is 127. The summed E-state index contributed by atoms with van der Waals surface area (Å²) in [6.07, 6.45) is 4.88. The van der Waals surface area contributed by atoms with Gasteiger partial charge in [0, 0.05) is 24.5 Å². The summed E-state index contributed by atoms with van der Waals surface area (Å²) in [6.45, 7) is 3.87. The van der Waals surface area contributed by atoms with Crippen LogP contribution in [-0.4, -0.2) is 32.1 Å². The normalized spacial score (nSPS) is 12.0. The standard InChI is InChI=1S/C18H16IN5O2S/c1-11-4-6-13(7-5-11)27(25,26)24-10-15(19)17-18(24)20-9-16(22-17)14-8-21-23(3)12(14)2/h4-10H,1-3H3. The molecule has 3 heterocycles. The van der Waals surface area contributed by atoms with Gasteiger partial charge in [0.25, 0.3) is 10.0 Å². The second-order valence-corrected chi connectivity index (χ2v) is 9.26. The van der Waals surface area contributed by atoms with Gasteiger partial charge in [-0.05, 0) is 48.6 Å². The predicted molar refractivity (Wildman–Crippen MR) is 111 cm³/mol. The first-order valence-electron chi connectivity index (χ1n) is 8.14. The van der Waals surface area contributed by atoms with E-state index in [-0.39, 0.29) is 4.90 Å². The summed E-state index contributed by atoms with van der Waals surface area (Å²) < 4.78 is 29.8. The van der Waals surface area contributed by atoms with Crippen LogP contribution in [0.1, 0.15) is 11.3 Å². The Morgan fingerprint density at radius 1 is 1.07 bits per heavy atom. The molecule has 0 radical (unpaired) electrons. The molecule has 27 heavy (non-hydrogen) atoms. The molecule has 3 aromatic heterocycles. The summed E-state index contributed by atoms with van der Waals surface area (Å²) in [5, 5.41) is 4.23. The fraction of sp³-hybridized carbons (Fsp3) is 0.167. The summed E-state index contributed by atoms with van der Waals surface area (Å²) in [5.41, 5.74) is 4.35. The van der Waals surface area contributed by atoms with Gasteiger partial charge >= 0.3 is 0 Å². The van der Waals surface area contributed by atoms with Crippen molar-refractivity contribution >= 4 is 43.8 Å². The average Bonchev–Trinajstić information content (AvgIpc) is 3.16. The summed E-state index contributed by atoms with van der Waals surface area (Å²) in [7, 11) is -1.89. The summed E-state index contributed by atoms with van der Waals surface area (Å²) in [4.78, 5) is 9.29. The van der Waals surface area contributed by atoms with E-state index in [1.165, 1.54) is 3.97 Å². The van der Waals surface area contributed by atoms with E-state index in [0.29, 0.717) is 20.4 Å². The highest BCUT2D eigenvalue weighted by molar-refractivity contribution is 14.1. The fourth-order valence-electron chi connectivity index (χ4n) is 2.82. The quantitative estimate of drug-likeness (QED) is 0.409. The monoisotopic (exact) mass is 493 g/mol. The minimum atomic E-state index is -3.75. The molecule has 0 N–H and O–H groups in total. The first-order chi connectivity index (χ1) is 12.8. The first-order valence-corrected chi connectivity index (χ1v) is 10.7. The second kappa shape index (κ2) is 6.41. The molecule has 0 saturated carbocycles. The van der Waals surface area contributed by atoms with Gasteiger partial charge in [0.15, 0.2) is 5.65 Å². The SMILES string of the molecule is Cc1ccc(S(=O)(=O)n2cc(I)c3nc(-c4cnn(C)c4C)cnc32)cc1. The molecule has 0 spiro atoms. The van der Waals surface area contributed by atoms with E-state index in [4.69, 9.17) is 0 Å². The molecule has 0 aliphatic carbocycles. The third-order valence-corrected chi connectivity index (χ3v) is 6.96. The van der Waals surface area contributed by atoms with Crippen LogP contribution >= 0.6 is 22.6 Å². The Balaban J connectivity index is 1.89. The van der Waals surface area contributed by atoms with Crippen molar-refractivity contribution in [1.82, 2.24) is 23.7 Å². The van der Waals surface area contributed by atoms with E-state index >= 15 is 0 Å². The Bertz CT molecular complexity index is 1270. The predicted octanol–water partition coefficient (Wildman–Crippen LogP) is 3.29. The van der Waals surface area contributed by atoms with Crippen molar-refractivity contribution in [3.63, 3.8) is 0 Å². The third-order valence-electron chi connectivity index (χ3n) is 4.51. The molecule has 4 aromatic rings. The van der Waals surface area contributed by atoms with Crippen molar-refractivity contribution in [2.45, 2.75) is 18.7 Å². The molecule has 0 unspecified atom stereocenters. The van der Waals surface area contributed by atoms with Crippen molar-refractivity contribution in [3.8, 4) is 11.3 Å². The Morgan fingerprint density at radius 3 is 2.41 bits per heavy atom. The number of hydrogen-bond acceptors (Lipinski definition) is 5. The van der Waals surface area contributed by atoms with Gasteiger partial charge < -0.3 is 0 Å². The minimum Gasteiger partial charge on any atom is -0.272 e. The summed E-state index contributed by atoms with van der Waals surface area (Å²) in [5.74, 6) is 0. The molecular weight excluding hydrogens is 477 g/mol. The van der Waals surface area contributed by atoms with Gasteiger partial charge in [0.05, 0.1) is 26.6 Å². The molecule has 7 nitrogen and oxygen atoms in total. The zero-order valence-electron chi connectivity index (χ0n) is 14.9. The largest absolute Gasteiger partial charge is 0.272 e. The van der Waals surface area contributed by atoms with E-state index in [1.807, 2.05) is 20.9 Å². The van der Waals surface area contributed by atoms with Crippen molar-refractivity contribution in [1.29, 1.82) is 0 Å². The van der Waals surface area contributed by atoms with E-state index in [9.17, 15) is 8.42 Å². The molecule has 0 amide bonds. The van der Waals surface area contributed by atoms with E-state index in [0.717, 1.165) is 16.8 Å². The third kappa shape index (κ3) is 2.94. The number of aryl methyl sites for hydroxylation is 2. The average molecular weight is 493 g/mol. The number of aromatic nitrogens is 5. The number of fused-ring (bicyclic) bond motifs is 1. The minimum absolute atomic E-state index is 0.218. The number of halogens is 1. The lowest BCUT2D eigenvalue weighted by Gasteiger charge is -2.07. The van der Waals surface area contributed by atoms with Crippen LogP contribution in [0.5, 0.6) is 0 Å². The maximum absolute atomic E-state index is 13.1. The van der Waals surface area contributed by atoms with Crippen molar-refractivity contribution in [2.75, 3.05) is 0 Å². The van der Waals surface area contributed by atoms with Crippen molar-refractivity contribution in [3.05, 3.63) is 57.7 Å². The van der Waals surface area contributed by atoms with Gasteiger partial charge in [-0.25, -0.2) is 22.4 Å². The van der Waals surface area contributed by atoms with Crippen LogP contribution in [0.2, 0.25) is 0 Å². The molecule has 0 atom stereocenters. The molecule has 9 heteroatoms. The maximum Gasteiger partial charge on any atom is 0.269 e. The topological polar surface area (TPSA) is 82.7 Å². The fourth-order valence-corrected chi connectivity index (χ4v) is 4.96.